The van der Waals surface area contributed by atoms with Gasteiger partial charge in [-0.2, -0.15) is 4.98 Å². The molecule has 1 atom stereocenters. The minimum absolute atomic E-state index is 0.0599. The maximum Gasteiger partial charge on any atom is 0.246 e. The van der Waals surface area contributed by atoms with Crippen LogP contribution < -0.4 is 0 Å². The molecule has 0 saturated carbocycles. The first-order chi connectivity index (χ1) is 11.1. The Morgan fingerprint density at radius 2 is 2.17 bits per heavy atom. The van der Waals surface area contributed by atoms with Crippen molar-refractivity contribution in [1.29, 1.82) is 0 Å². The van der Waals surface area contributed by atoms with E-state index >= 15 is 0 Å². The van der Waals surface area contributed by atoms with Gasteiger partial charge in [0, 0.05) is 19.2 Å². The van der Waals surface area contributed by atoms with Crippen LogP contribution in [0.1, 0.15) is 36.0 Å². The monoisotopic (exact) mass is 315 g/mol. The normalized spacial score (nSPS) is 18.5. The summed E-state index contributed by atoms with van der Waals surface area (Å²) in [6.07, 6.45) is 5.06. The zero-order valence-corrected chi connectivity index (χ0v) is 12.9. The number of carbonyl (C=O) groups excluding carboxylic acids is 1. The Kier molecular flexibility index (Phi) is 4.50. The molecule has 0 unspecified atom stereocenters. The standard InChI is InChI=1S/C17H18FN3O2/c1-12-19-17(23-20-12)14-3-2-10-21(11-14)16(22)9-6-13-4-7-15(18)8-5-13/h4-9,14H,2-3,10-11H2,1H3/b9-6-/t14-/m1/s1. The van der Waals surface area contributed by atoms with Gasteiger partial charge in [0.1, 0.15) is 5.82 Å². The Bertz CT molecular complexity index is 709. The molecule has 2 aromatic rings. The molecule has 120 valence electrons. The zero-order chi connectivity index (χ0) is 16.2. The lowest BCUT2D eigenvalue weighted by atomic mass is 9.98. The fraction of sp³-hybridized carbons (Fsp3) is 0.353. The highest BCUT2D eigenvalue weighted by atomic mass is 19.1. The number of nitrogens with zero attached hydrogens (tertiary/aromatic N) is 3. The highest BCUT2D eigenvalue weighted by Gasteiger charge is 2.27. The molecule has 1 amide bonds. The summed E-state index contributed by atoms with van der Waals surface area (Å²) in [4.78, 5) is 18.4. The van der Waals surface area contributed by atoms with Crippen molar-refractivity contribution >= 4 is 12.0 Å². The van der Waals surface area contributed by atoms with E-state index in [1.54, 1.807) is 30.0 Å². The smallest absolute Gasteiger partial charge is 0.246 e. The summed E-state index contributed by atoms with van der Waals surface area (Å²) in [7, 11) is 0. The van der Waals surface area contributed by atoms with Crippen LogP contribution in [0.2, 0.25) is 0 Å². The number of hydrogen-bond acceptors (Lipinski definition) is 4. The van der Waals surface area contributed by atoms with E-state index in [9.17, 15) is 9.18 Å². The molecule has 0 N–H and O–H groups in total. The molecule has 23 heavy (non-hydrogen) atoms. The Balaban J connectivity index is 1.63. The summed E-state index contributed by atoms with van der Waals surface area (Å²) in [5.74, 6) is 0.952. The van der Waals surface area contributed by atoms with Crippen LogP contribution in [0.5, 0.6) is 0 Å². The molecule has 0 bridgehead atoms. The molecule has 1 saturated heterocycles. The molecule has 0 spiro atoms. The molecule has 1 aliphatic heterocycles. The van der Waals surface area contributed by atoms with Crippen LogP contribution >= 0.6 is 0 Å². The van der Waals surface area contributed by atoms with Crippen molar-refractivity contribution in [2.24, 2.45) is 0 Å². The molecule has 5 nitrogen and oxygen atoms in total. The second-order valence-electron chi connectivity index (χ2n) is 5.69. The van der Waals surface area contributed by atoms with Crippen LogP contribution in [-0.4, -0.2) is 34.0 Å². The summed E-state index contributed by atoms with van der Waals surface area (Å²) >= 11 is 0. The molecular formula is C17H18FN3O2. The number of carbonyl (C=O) groups is 1. The van der Waals surface area contributed by atoms with Gasteiger partial charge >= 0.3 is 0 Å². The molecule has 2 heterocycles. The van der Waals surface area contributed by atoms with Crippen molar-refractivity contribution in [1.82, 2.24) is 15.0 Å². The number of piperidine rings is 1. The highest BCUT2D eigenvalue weighted by molar-refractivity contribution is 5.91. The number of rotatable bonds is 3. The summed E-state index contributed by atoms with van der Waals surface area (Å²) < 4.78 is 18.1. The highest BCUT2D eigenvalue weighted by Crippen LogP contribution is 2.25. The number of aromatic nitrogens is 2. The lowest BCUT2D eigenvalue weighted by molar-refractivity contribution is -0.127. The molecular weight excluding hydrogens is 297 g/mol. The van der Waals surface area contributed by atoms with E-state index in [1.165, 1.54) is 18.2 Å². The number of amides is 1. The van der Waals surface area contributed by atoms with Crippen LogP contribution in [-0.2, 0) is 4.79 Å². The predicted molar refractivity (Wildman–Crippen MR) is 83.0 cm³/mol. The topological polar surface area (TPSA) is 59.2 Å². The van der Waals surface area contributed by atoms with Crippen molar-refractivity contribution in [3.8, 4) is 0 Å². The molecule has 1 aliphatic rings. The first-order valence-corrected chi connectivity index (χ1v) is 7.64. The van der Waals surface area contributed by atoms with Gasteiger partial charge in [0.25, 0.3) is 0 Å². The van der Waals surface area contributed by atoms with Gasteiger partial charge in [0.15, 0.2) is 5.82 Å². The molecule has 6 heteroatoms. The maximum atomic E-state index is 12.9. The number of hydrogen-bond donors (Lipinski definition) is 0. The number of aryl methyl sites for hydroxylation is 1. The van der Waals surface area contributed by atoms with Gasteiger partial charge < -0.3 is 9.42 Å². The van der Waals surface area contributed by atoms with E-state index in [2.05, 4.69) is 10.1 Å². The van der Waals surface area contributed by atoms with Crippen molar-refractivity contribution < 1.29 is 13.7 Å². The van der Waals surface area contributed by atoms with Crippen molar-refractivity contribution in [3.63, 3.8) is 0 Å². The van der Waals surface area contributed by atoms with Crippen LogP contribution in [0.25, 0.3) is 6.08 Å². The maximum absolute atomic E-state index is 12.9. The summed E-state index contributed by atoms with van der Waals surface area (Å²) in [6.45, 7) is 3.08. The van der Waals surface area contributed by atoms with Gasteiger partial charge in [0.2, 0.25) is 11.8 Å². The molecule has 1 aromatic carbocycles. The van der Waals surface area contributed by atoms with Gasteiger partial charge in [-0.3, -0.25) is 4.79 Å². The van der Waals surface area contributed by atoms with Gasteiger partial charge in [-0.1, -0.05) is 17.3 Å². The Morgan fingerprint density at radius 1 is 1.39 bits per heavy atom. The fourth-order valence-corrected chi connectivity index (χ4v) is 2.70. The van der Waals surface area contributed by atoms with Gasteiger partial charge in [0.05, 0.1) is 5.92 Å². The van der Waals surface area contributed by atoms with Crippen molar-refractivity contribution in [2.45, 2.75) is 25.7 Å². The molecule has 0 aliphatic carbocycles. The van der Waals surface area contributed by atoms with E-state index < -0.39 is 0 Å². The van der Waals surface area contributed by atoms with Gasteiger partial charge in [-0.25, -0.2) is 4.39 Å². The largest absolute Gasteiger partial charge is 0.339 e. The number of halogens is 1. The van der Waals surface area contributed by atoms with E-state index in [1.807, 2.05) is 0 Å². The third-order valence-corrected chi connectivity index (χ3v) is 3.91. The molecule has 1 fully saturated rings. The summed E-state index contributed by atoms with van der Waals surface area (Å²) in [5, 5.41) is 3.81. The third kappa shape index (κ3) is 3.83. The fourth-order valence-electron chi connectivity index (χ4n) is 2.70. The van der Waals surface area contributed by atoms with Crippen LogP contribution in [0.15, 0.2) is 34.9 Å². The van der Waals surface area contributed by atoms with Gasteiger partial charge in [-0.15, -0.1) is 0 Å². The average Bonchev–Trinajstić information content (AvgIpc) is 3.01. The lowest BCUT2D eigenvalue weighted by Gasteiger charge is -2.30. The average molecular weight is 315 g/mol. The number of benzene rings is 1. The van der Waals surface area contributed by atoms with Crippen LogP contribution in [0.4, 0.5) is 4.39 Å². The van der Waals surface area contributed by atoms with E-state index in [0.717, 1.165) is 24.9 Å². The predicted octanol–water partition coefficient (Wildman–Crippen LogP) is 2.94. The zero-order valence-electron chi connectivity index (χ0n) is 12.9. The van der Waals surface area contributed by atoms with E-state index in [4.69, 9.17) is 4.52 Å². The van der Waals surface area contributed by atoms with E-state index in [0.29, 0.717) is 18.3 Å². The minimum Gasteiger partial charge on any atom is -0.339 e. The SMILES string of the molecule is Cc1noc([C@@H]2CCCN(C(=O)/C=C\c3ccc(F)cc3)C2)n1. The first kappa shape index (κ1) is 15.4. The summed E-state index contributed by atoms with van der Waals surface area (Å²) in [5.41, 5.74) is 0.792. The van der Waals surface area contributed by atoms with Crippen molar-refractivity contribution in [3.05, 3.63) is 53.4 Å². The summed E-state index contributed by atoms with van der Waals surface area (Å²) in [6, 6.07) is 6.02. The first-order valence-electron chi connectivity index (χ1n) is 7.64. The molecule has 1 aromatic heterocycles. The van der Waals surface area contributed by atoms with Crippen molar-refractivity contribution in [2.75, 3.05) is 13.1 Å². The number of likely N-dealkylation sites (tertiary alicyclic amines) is 1. The van der Waals surface area contributed by atoms with Gasteiger partial charge in [-0.05, 0) is 43.5 Å². The van der Waals surface area contributed by atoms with E-state index in [-0.39, 0.29) is 17.6 Å². The minimum atomic E-state index is -0.290. The Hall–Kier alpha value is -2.50. The Morgan fingerprint density at radius 3 is 2.87 bits per heavy atom. The second kappa shape index (κ2) is 6.73. The van der Waals surface area contributed by atoms with Crippen LogP contribution in [0, 0.1) is 12.7 Å². The van der Waals surface area contributed by atoms with Crippen LogP contribution in [0.3, 0.4) is 0 Å². The Labute approximate surface area is 133 Å². The quantitative estimate of drug-likeness (QED) is 0.817. The lowest BCUT2D eigenvalue weighted by Crippen LogP contribution is -2.38. The third-order valence-electron chi connectivity index (χ3n) is 3.91. The molecule has 3 rings (SSSR count). The second-order valence-corrected chi connectivity index (χ2v) is 5.69. The molecule has 0 radical (unpaired) electrons.